The van der Waals surface area contributed by atoms with Gasteiger partial charge in [-0.3, -0.25) is 9.59 Å². The zero-order chi connectivity index (χ0) is 22.9. The van der Waals surface area contributed by atoms with Gasteiger partial charge in [-0.25, -0.2) is 9.07 Å². The van der Waals surface area contributed by atoms with Crippen LogP contribution in [0.25, 0.3) is 0 Å². The highest BCUT2D eigenvalue weighted by Gasteiger charge is 2.34. The Morgan fingerprint density at radius 1 is 1.13 bits per heavy atom. The van der Waals surface area contributed by atoms with Gasteiger partial charge in [-0.05, 0) is 60.4 Å². The molecule has 10 heteroatoms. The number of alkyl halides is 3. The first-order valence-electron chi connectivity index (χ1n) is 8.89. The van der Waals surface area contributed by atoms with Gasteiger partial charge in [0, 0.05) is 23.5 Å². The summed E-state index contributed by atoms with van der Waals surface area (Å²) in [6, 6.07) is 8.02. The van der Waals surface area contributed by atoms with Crippen LogP contribution in [0.5, 0.6) is 0 Å². The molecule has 1 aromatic heterocycles. The van der Waals surface area contributed by atoms with Crippen molar-refractivity contribution in [3.05, 3.63) is 97.7 Å². The van der Waals surface area contributed by atoms with Crippen molar-refractivity contribution in [3.63, 3.8) is 0 Å². The summed E-state index contributed by atoms with van der Waals surface area (Å²) in [5.41, 5.74) is -0.596. The molecule has 0 aliphatic carbocycles. The molecular weight excluding hydrogens is 438 g/mol. The van der Waals surface area contributed by atoms with Crippen molar-refractivity contribution in [2.24, 2.45) is 0 Å². The number of carbonyl (C=O) groups excluding carboxylic acids is 1. The van der Waals surface area contributed by atoms with Gasteiger partial charge in [0.1, 0.15) is 5.82 Å². The topological polar surface area (TPSA) is 77.1 Å². The molecule has 0 spiro atoms. The van der Waals surface area contributed by atoms with Gasteiger partial charge in [-0.1, -0.05) is 17.7 Å². The van der Waals surface area contributed by atoms with Crippen LogP contribution in [0.3, 0.4) is 0 Å². The number of nitrogens with zero attached hydrogens (tertiary/aromatic N) is 1. The minimum Gasteiger partial charge on any atom is -0.336 e. The highest BCUT2D eigenvalue weighted by atomic mass is 35.5. The van der Waals surface area contributed by atoms with Crippen molar-refractivity contribution in [1.82, 2.24) is 4.68 Å². The average molecular weight is 454 g/mol. The molecule has 3 aromatic rings. The van der Waals surface area contributed by atoms with Gasteiger partial charge >= 0.3 is 6.18 Å². The van der Waals surface area contributed by atoms with E-state index >= 15 is 0 Å². The van der Waals surface area contributed by atoms with E-state index in [4.69, 9.17) is 17.4 Å². The zero-order valence-corrected chi connectivity index (χ0v) is 16.8. The summed E-state index contributed by atoms with van der Waals surface area (Å²) in [5.74, 6) is 4.13. The van der Waals surface area contributed by atoms with E-state index < -0.39 is 34.0 Å². The molecule has 0 radical (unpaired) electrons. The molecule has 0 aliphatic heterocycles. The number of halogens is 5. The molecule has 31 heavy (non-hydrogen) atoms. The van der Waals surface area contributed by atoms with Crippen LogP contribution in [0.15, 0.2) is 53.5 Å². The quantitative estimate of drug-likeness (QED) is 0.450. The Balaban J connectivity index is 2.06. The fourth-order valence-electron chi connectivity index (χ4n) is 3.02. The lowest BCUT2D eigenvalue weighted by Crippen LogP contribution is -2.26. The molecule has 0 bridgehead atoms. The fraction of sp³-hybridized carbons (Fsp3) is 0.143. The fourth-order valence-corrected chi connectivity index (χ4v) is 3.29. The van der Waals surface area contributed by atoms with Crippen molar-refractivity contribution in [1.29, 1.82) is 0 Å². The Kier molecular flexibility index (Phi) is 6.08. The first kappa shape index (κ1) is 22.4. The molecule has 3 N–H and O–H groups in total. The van der Waals surface area contributed by atoms with Gasteiger partial charge in [-0.15, -0.1) is 0 Å². The summed E-state index contributed by atoms with van der Waals surface area (Å²) in [6.07, 6.45) is -3.58. The number of hydrogen-bond acceptors (Lipinski definition) is 3. The monoisotopic (exact) mass is 453 g/mol. The third-order valence-electron chi connectivity index (χ3n) is 4.63. The summed E-state index contributed by atoms with van der Waals surface area (Å²) in [4.78, 5) is 24.5. The molecule has 162 valence electrons. The van der Waals surface area contributed by atoms with Crippen LogP contribution < -0.4 is 16.7 Å². The van der Waals surface area contributed by atoms with E-state index in [0.717, 1.165) is 22.9 Å². The number of rotatable bonds is 4. The molecule has 0 unspecified atom stereocenters. The van der Waals surface area contributed by atoms with E-state index in [-0.39, 0.29) is 23.2 Å². The van der Waals surface area contributed by atoms with Crippen LogP contribution in [0.1, 0.15) is 32.6 Å². The molecule has 5 nitrogen and oxygen atoms in total. The summed E-state index contributed by atoms with van der Waals surface area (Å²) in [5, 5.41) is 1.81. The Labute approximate surface area is 179 Å². The number of carbonyl (C=O) groups is 1. The SMILES string of the molecule is Cc1cc(F)ccc1Cc1cc(C(F)(F)F)c(Cl)cc1C(=O)Nc1ccn(N)c(=O)c1. The second-order valence-electron chi connectivity index (χ2n) is 6.85. The number of nitrogen functional groups attached to an aromatic ring is 1. The van der Waals surface area contributed by atoms with Crippen LogP contribution in [-0.4, -0.2) is 10.6 Å². The molecule has 0 atom stereocenters. The molecule has 0 fully saturated rings. The Morgan fingerprint density at radius 3 is 2.45 bits per heavy atom. The number of aromatic nitrogens is 1. The van der Waals surface area contributed by atoms with Crippen LogP contribution >= 0.6 is 11.6 Å². The number of anilines is 1. The number of nitrogens with two attached hydrogens (primary N) is 1. The van der Waals surface area contributed by atoms with Gasteiger partial charge in [0.05, 0.1) is 10.6 Å². The minimum absolute atomic E-state index is 0.0381. The number of pyridine rings is 1. The minimum atomic E-state index is -4.73. The number of nitrogens with one attached hydrogen (secondary N) is 1. The molecule has 0 saturated heterocycles. The van der Waals surface area contributed by atoms with E-state index in [0.29, 0.717) is 11.1 Å². The van der Waals surface area contributed by atoms with Crippen molar-refractivity contribution in [2.45, 2.75) is 19.5 Å². The van der Waals surface area contributed by atoms with Gasteiger partial charge in [0.15, 0.2) is 0 Å². The number of hydrogen-bond donors (Lipinski definition) is 2. The van der Waals surface area contributed by atoms with Crippen LogP contribution in [0, 0.1) is 12.7 Å². The largest absolute Gasteiger partial charge is 0.417 e. The lowest BCUT2D eigenvalue weighted by atomic mass is 9.94. The average Bonchev–Trinajstić information content (AvgIpc) is 2.67. The Morgan fingerprint density at radius 2 is 1.84 bits per heavy atom. The lowest BCUT2D eigenvalue weighted by molar-refractivity contribution is -0.137. The third-order valence-corrected chi connectivity index (χ3v) is 4.95. The van der Waals surface area contributed by atoms with Crippen molar-refractivity contribution < 1.29 is 22.4 Å². The Hall–Kier alpha value is -3.33. The second-order valence-corrected chi connectivity index (χ2v) is 7.26. The second kappa shape index (κ2) is 8.43. The predicted molar refractivity (Wildman–Crippen MR) is 109 cm³/mol. The summed E-state index contributed by atoms with van der Waals surface area (Å²) < 4.78 is 54.3. The van der Waals surface area contributed by atoms with Gasteiger partial charge in [-0.2, -0.15) is 13.2 Å². The number of amides is 1. The summed E-state index contributed by atoms with van der Waals surface area (Å²) in [7, 11) is 0. The van der Waals surface area contributed by atoms with E-state index in [1.165, 1.54) is 30.5 Å². The molecule has 1 amide bonds. The molecule has 0 saturated carbocycles. The Bertz CT molecular complexity index is 1220. The highest BCUT2D eigenvalue weighted by Crippen LogP contribution is 2.37. The van der Waals surface area contributed by atoms with E-state index in [1.807, 2.05) is 0 Å². The first-order chi connectivity index (χ1) is 14.5. The smallest absolute Gasteiger partial charge is 0.336 e. The normalized spacial score (nSPS) is 11.4. The maximum atomic E-state index is 13.4. The standard InChI is InChI=1S/C21H16ClF4N3O2/c1-11-6-14(23)3-2-12(11)7-13-8-17(21(24,25)26)18(22)10-16(13)20(31)28-15-4-5-29(27)19(30)9-15/h2-6,8-10H,7,27H2,1H3,(H,28,31). The molecule has 2 aromatic carbocycles. The zero-order valence-electron chi connectivity index (χ0n) is 16.1. The van der Waals surface area contributed by atoms with Gasteiger partial charge in [0.2, 0.25) is 0 Å². The molecular formula is C21H16ClF4N3O2. The molecule has 1 heterocycles. The maximum Gasteiger partial charge on any atom is 0.417 e. The first-order valence-corrected chi connectivity index (χ1v) is 9.27. The molecule has 0 aliphatic rings. The van der Waals surface area contributed by atoms with Crippen molar-refractivity contribution >= 4 is 23.2 Å². The third kappa shape index (κ3) is 5.05. The van der Waals surface area contributed by atoms with Crippen LogP contribution in [0.2, 0.25) is 5.02 Å². The summed E-state index contributed by atoms with van der Waals surface area (Å²) in [6.45, 7) is 1.61. The summed E-state index contributed by atoms with van der Waals surface area (Å²) >= 11 is 5.81. The van der Waals surface area contributed by atoms with Gasteiger partial charge < -0.3 is 11.2 Å². The molecule has 3 rings (SSSR count). The van der Waals surface area contributed by atoms with E-state index in [1.54, 1.807) is 6.92 Å². The number of benzene rings is 2. The van der Waals surface area contributed by atoms with Crippen LogP contribution in [-0.2, 0) is 12.6 Å². The number of aryl methyl sites for hydroxylation is 1. The van der Waals surface area contributed by atoms with Crippen molar-refractivity contribution in [2.75, 3.05) is 11.2 Å². The van der Waals surface area contributed by atoms with Crippen molar-refractivity contribution in [3.8, 4) is 0 Å². The van der Waals surface area contributed by atoms with Crippen LogP contribution in [0.4, 0.5) is 23.2 Å². The van der Waals surface area contributed by atoms with E-state index in [9.17, 15) is 27.2 Å². The predicted octanol–water partition coefficient (Wildman–Crippen LogP) is 4.52. The lowest BCUT2D eigenvalue weighted by Gasteiger charge is -2.16. The maximum absolute atomic E-state index is 13.4. The van der Waals surface area contributed by atoms with E-state index in [2.05, 4.69) is 5.32 Å². The highest BCUT2D eigenvalue weighted by molar-refractivity contribution is 6.32. The van der Waals surface area contributed by atoms with Gasteiger partial charge in [0.25, 0.3) is 11.5 Å².